The molecule has 0 unspecified atom stereocenters. The number of hydrogen-bond acceptors (Lipinski definition) is 4. The quantitative estimate of drug-likeness (QED) is 0.318. The van der Waals surface area contributed by atoms with Crippen LogP contribution in [0.5, 0.6) is 0 Å². The van der Waals surface area contributed by atoms with Crippen LogP contribution in [0.15, 0.2) is 16.0 Å². The first-order valence-electron chi connectivity index (χ1n) is 3.65. The zero-order chi connectivity index (χ0) is 9.68. The van der Waals surface area contributed by atoms with Gasteiger partial charge in [-0.15, -0.1) is 12.3 Å². The number of nitrogens with one attached hydrogen (secondary N) is 1. The van der Waals surface area contributed by atoms with Gasteiger partial charge in [0, 0.05) is 18.2 Å². The van der Waals surface area contributed by atoms with Crippen molar-refractivity contribution in [2.24, 2.45) is 0 Å². The molecule has 0 aliphatic carbocycles. The van der Waals surface area contributed by atoms with E-state index >= 15 is 0 Å². The van der Waals surface area contributed by atoms with Gasteiger partial charge in [0.05, 0.1) is 0 Å². The smallest absolute Gasteiger partial charge is 0.253 e. The van der Waals surface area contributed by atoms with E-state index in [1.54, 1.807) is 0 Å². The molecule has 1 rings (SSSR count). The summed E-state index contributed by atoms with van der Waals surface area (Å²) < 4.78 is 0. The fraction of sp³-hybridized carbons (Fsp3) is 0.250. The Kier molecular flexibility index (Phi) is 3.41. The molecule has 0 saturated carbocycles. The van der Waals surface area contributed by atoms with Crippen LogP contribution in [0.2, 0.25) is 0 Å². The van der Waals surface area contributed by atoms with Gasteiger partial charge in [0.25, 0.3) is 5.56 Å². The van der Waals surface area contributed by atoms with E-state index in [-0.39, 0.29) is 11.4 Å². The molecule has 1 aromatic rings. The molecule has 1 aromatic heterocycles. The molecule has 4 nitrogen and oxygen atoms in total. The Bertz CT molecular complexity index is 380. The summed E-state index contributed by atoms with van der Waals surface area (Å²) in [5.74, 6) is 3.45. The van der Waals surface area contributed by atoms with Crippen molar-refractivity contribution in [1.29, 1.82) is 0 Å². The molecule has 0 spiro atoms. The maximum atomic E-state index is 10.9. The number of anilines is 1. The second kappa shape index (κ2) is 4.58. The summed E-state index contributed by atoms with van der Waals surface area (Å²) in [6, 6.07) is 1.24. The largest absolute Gasteiger partial charge is 0.383 e. The van der Waals surface area contributed by atoms with Gasteiger partial charge in [-0.25, -0.2) is 4.98 Å². The van der Waals surface area contributed by atoms with Gasteiger partial charge in [-0.3, -0.25) is 4.79 Å². The fourth-order valence-corrected chi connectivity index (χ4v) is 1.48. The minimum absolute atomic E-state index is 0.229. The van der Waals surface area contributed by atoms with E-state index in [4.69, 9.17) is 12.2 Å². The third-order valence-corrected chi connectivity index (χ3v) is 2.10. The van der Waals surface area contributed by atoms with E-state index in [9.17, 15) is 4.79 Å². The van der Waals surface area contributed by atoms with Gasteiger partial charge in [0.2, 0.25) is 0 Å². The molecule has 3 N–H and O–H groups in total. The Labute approximate surface area is 80.0 Å². The Hall–Kier alpha value is -1.41. The lowest BCUT2D eigenvalue weighted by Gasteiger charge is -1.98. The van der Waals surface area contributed by atoms with Gasteiger partial charge in [-0.05, 0) is 0 Å². The van der Waals surface area contributed by atoms with Crippen molar-refractivity contribution in [3.05, 3.63) is 16.4 Å². The second-order valence-electron chi connectivity index (χ2n) is 2.28. The van der Waals surface area contributed by atoms with E-state index in [2.05, 4.69) is 15.9 Å². The van der Waals surface area contributed by atoms with Gasteiger partial charge in [0.15, 0.2) is 5.16 Å². The molecule has 0 fully saturated rings. The Morgan fingerprint density at radius 3 is 3.15 bits per heavy atom. The van der Waals surface area contributed by atoms with Crippen molar-refractivity contribution in [2.75, 3.05) is 11.5 Å². The molecule has 13 heavy (non-hydrogen) atoms. The van der Waals surface area contributed by atoms with E-state index in [1.807, 2.05) is 0 Å². The Morgan fingerprint density at radius 2 is 2.54 bits per heavy atom. The van der Waals surface area contributed by atoms with Crippen molar-refractivity contribution in [3.63, 3.8) is 0 Å². The van der Waals surface area contributed by atoms with Crippen molar-refractivity contribution in [1.82, 2.24) is 9.97 Å². The van der Waals surface area contributed by atoms with E-state index < -0.39 is 0 Å². The highest BCUT2D eigenvalue weighted by Crippen LogP contribution is 2.12. The van der Waals surface area contributed by atoms with Gasteiger partial charge >= 0.3 is 0 Å². The molecule has 0 aliphatic heterocycles. The summed E-state index contributed by atoms with van der Waals surface area (Å²) in [6.45, 7) is 0. The van der Waals surface area contributed by atoms with Gasteiger partial charge < -0.3 is 10.7 Å². The summed E-state index contributed by atoms with van der Waals surface area (Å²) in [5.41, 5.74) is 5.14. The lowest BCUT2D eigenvalue weighted by molar-refractivity contribution is 0.944. The first kappa shape index (κ1) is 9.68. The number of aromatic nitrogens is 2. The number of nitrogens with two attached hydrogens (primary N) is 1. The molecular formula is C8H9N3OS. The lowest BCUT2D eigenvalue weighted by Crippen LogP contribution is -2.09. The molecule has 0 aromatic carbocycles. The Morgan fingerprint density at radius 1 is 1.77 bits per heavy atom. The van der Waals surface area contributed by atoms with E-state index in [0.717, 1.165) is 5.75 Å². The van der Waals surface area contributed by atoms with Crippen LogP contribution in [0, 0.1) is 12.3 Å². The molecule has 1 heterocycles. The molecule has 0 aliphatic rings. The summed E-state index contributed by atoms with van der Waals surface area (Å²) in [6.07, 6.45) is 5.71. The molecule has 0 radical (unpaired) electrons. The highest BCUT2D eigenvalue weighted by Gasteiger charge is 1.97. The van der Waals surface area contributed by atoms with Crippen molar-refractivity contribution < 1.29 is 0 Å². The molecule has 0 saturated heterocycles. The molecule has 68 valence electrons. The number of terminal acetylenes is 1. The lowest BCUT2D eigenvalue weighted by atomic mass is 10.5. The van der Waals surface area contributed by atoms with Crippen LogP contribution in [0.1, 0.15) is 6.42 Å². The monoisotopic (exact) mass is 195 g/mol. The molecule has 5 heteroatoms. The third-order valence-electron chi connectivity index (χ3n) is 1.22. The van der Waals surface area contributed by atoms with Gasteiger partial charge in [-0.2, -0.15) is 0 Å². The summed E-state index contributed by atoms with van der Waals surface area (Å²) in [4.78, 5) is 17.4. The number of H-pyrrole nitrogens is 1. The summed E-state index contributed by atoms with van der Waals surface area (Å²) in [7, 11) is 0. The van der Waals surface area contributed by atoms with Crippen LogP contribution in [-0.4, -0.2) is 15.7 Å². The average molecular weight is 195 g/mol. The summed E-state index contributed by atoms with van der Waals surface area (Å²) >= 11 is 1.38. The van der Waals surface area contributed by atoms with Gasteiger partial charge in [-0.1, -0.05) is 11.8 Å². The zero-order valence-electron chi connectivity index (χ0n) is 6.91. The number of aromatic amines is 1. The van der Waals surface area contributed by atoms with Crippen LogP contribution < -0.4 is 11.3 Å². The van der Waals surface area contributed by atoms with Crippen LogP contribution in [0.25, 0.3) is 0 Å². The number of nitrogen functional groups attached to an aromatic ring is 1. The maximum absolute atomic E-state index is 10.9. The van der Waals surface area contributed by atoms with Crippen LogP contribution in [0.3, 0.4) is 0 Å². The summed E-state index contributed by atoms with van der Waals surface area (Å²) in [5, 5.41) is 0.514. The fourth-order valence-electron chi connectivity index (χ4n) is 0.728. The molecular weight excluding hydrogens is 186 g/mol. The Balaban J connectivity index is 2.68. The minimum atomic E-state index is -0.240. The van der Waals surface area contributed by atoms with Crippen molar-refractivity contribution >= 4 is 17.6 Å². The predicted octanol–water partition coefficient (Wildman–Crippen LogP) is 0.467. The van der Waals surface area contributed by atoms with Crippen LogP contribution in [-0.2, 0) is 0 Å². The number of rotatable bonds is 3. The average Bonchev–Trinajstić information content (AvgIpc) is 2.03. The van der Waals surface area contributed by atoms with Crippen molar-refractivity contribution in [3.8, 4) is 12.3 Å². The predicted molar refractivity (Wildman–Crippen MR) is 53.4 cm³/mol. The molecule has 0 amide bonds. The number of hydrogen-bond donors (Lipinski definition) is 2. The van der Waals surface area contributed by atoms with Gasteiger partial charge in [0.1, 0.15) is 5.82 Å². The highest BCUT2D eigenvalue weighted by atomic mass is 32.2. The number of nitrogens with zero attached hydrogens (tertiary/aromatic N) is 1. The highest BCUT2D eigenvalue weighted by molar-refractivity contribution is 7.99. The minimum Gasteiger partial charge on any atom is -0.383 e. The molecule has 0 bridgehead atoms. The first-order chi connectivity index (χ1) is 6.22. The first-order valence-corrected chi connectivity index (χ1v) is 4.64. The number of thioether (sulfide) groups is 1. The topological polar surface area (TPSA) is 71.8 Å². The third kappa shape index (κ3) is 3.22. The standard InChI is InChI=1S/C8H9N3OS/c1-2-3-4-13-8-10-6(9)5-7(12)11-8/h1,5H,3-4H2,(H3,9,10,11,12). The SMILES string of the molecule is C#CCCSc1nc(N)cc(=O)[nH]1. The van der Waals surface area contributed by atoms with E-state index in [0.29, 0.717) is 11.6 Å². The van der Waals surface area contributed by atoms with Crippen molar-refractivity contribution in [2.45, 2.75) is 11.6 Å². The normalized spacial score (nSPS) is 9.46. The molecule has 0 atom stereocenters. The zero-order valence-corrected chi connectivity index (χ0v) is 7.73. The van der Waals surface area contributed by atoms with Crippen LogP contribution >= 0.6 is 11.8 Å². The van der Waals surface area contributed by atoms with E-state index in [1.165, 1.54) is 17.8 Å². The van der Waals surface area contributed by atoms with Crippen LogP contribution in [0.4, 0.5) is 5.82 Å². The maximum Gasteiger partial charge on any atom is 0.253 e. The second-order valence-corrected chi connectivity index (χ2v) is 3.36.